The molecule has 0 aromatic heterocycles. The van der Waals surface area contributed by atoms with Crippen molar-refractivity contribution in [2.45, 2.75) is 19.5 Å². The van der Waals surface area contributed by atoms with E-state index in [1.807, 2.05) is 18.2 Å². The molecule has 0 N–H and O–H groups in total. The van der Waals surface area contributed by atoms with Crippen LogP contribution in [0.25, 0.3) is 0 Å². The van der Waals surface area contributed by atoms with Crippen LogP contribution in [0.4, 0.5) is 4.39 Å². The predicted molar refractivity (Wildman–Crippen MR) is 104 cm³/mol. The van der Waals surface area contributed by atoms with Crippen LogP contribution in [0.5, 0.6) is 5.75 Å². The molecule has 1 unspecified atom stereocenters. The zero-order valence-corrected chi connectivity index (χ0v) is 16.6. The molecule has 0 saturated carbocycles. The molecule has 1 aliphatic rings. The Bertz CT molecular complexity index is 890. The summed E-state index contributed by atoms with van der Waals surface area (Å²) in [7, 11) is 3.06. The lowest BCUT2D eigenvalue weighted by atomic mass is 10.1. The van der Waals surface area contributed by atoms with Gasteiger partial charge in [-0.2, -0.15) is 0 Å². The minimum absolute atomic E-state index is 0.0674. The number of halogens is 2. The van der Waals surface area contributed by atoms with Crippen LogP contribution in [0.2, 0.25) is 5.02 Å². The van der Waals surface area contributed by atoms with E-state index in [2.05, 4.69) is 0 Å². The molecule has 0 spiro atoms. The van der Waals surface area contributed by atoms with Gasteiger partial charge in [0.05, 0.1) is 13.0 Å². The highest BCUT2D eigenvalue weighted by Gasteiger charge is 2.35. The minimum atomic E-state index is -0.470. The average Bonchev–Trinajstić information content (AvgIpc) is 3.03. The fraction of sp³-hybridized carbons (Fsp3) is 0.333. The molecule has 5 nitrogen and oxygen atoms in total. The quantitative estimate of drug-likeness (QED) is 0.740. The fourth-order valence-electron chi connectivity index (χ4n) is 3.39. The number of hydrogen-bond donors (Lipinski definition) is 0. The van der Waals surface area contributed by atoms with Crippen molar-refractivity contribution in [2.24, 2.45) is 5.92 Å². The standard InChI is InChI=1S/C21H22ClFN2O3/c1-24(11-14-7-8-19(28-2)18(23)9-14)21(27)16-10-20(26)25(13-16)12-15-5-3-4-6-17(15)22/h3-9,16H,10-13H2,1-2H3. The molecule has 7 heteroatoms. The molecule has 1 fully saturated rings. The van der Waals surface area contributed by atoms with Gasteiger partial charge in [0.1, 0.15) is 0 Å². The largest absolute Gasteiger partial charge is 0.494 e. The van der Waals surface area contributed by atoms with Gasteiger partial charge in [0, 0.05) is 38.1 Å². The van der Waals surface area contributed by atoms with E-state index in [1.165, 1.54) is 24.1 Å². The van der Waals surface area contributed by atoms with E-state index in [-0.39, 0.29) is 30.5 Å². The molecule has 0 radical (unpaired) electrons. The summed E-state index contributed by atoms with van der Waals surface area (Å²) in [5, 5.41) is 0.601. The highest BCUT2D eigenvalue weighted by atomic mass is 35.5. The monoisotopic (exact) mass is 404 g/mol. The van der Waals surface area contributed by atoms with Crippen LogP contribution in [0.3, 0.4) is 0 Å². The Morgan fingerprint density at radius 3 is 2.75 bits per heavy atom. The van der Waals surface area contributed by atoms with E-state index in [1.54, 1.807) is 24.1 Å². The summed E-state index contributed by atoms with van der Waals surface area (Å²) in [5.74, 6) is -0.923. The van der Waals surface area contributed by atoms with E-state index in [0.717, 1.165) is 5.56 Å². The lowest BCUT2D eigenvalue weighted by Gasteiger charge is -2.22. The Hall–Kier alpha value is -2.60. The average molecular weight is 405 g/mol. The molecule has 148 valence electrons. The zero-order chi connectivity index (χ0) is 20.3. The Labute approximate surface area is 168 Å². The molecule has 28 heavy (non-hydrogen) atoms. The smallest absolute Gasteiger partial charge is 0.228 e. The fourth-order valence-corrected chi connectivity index (χ4v) is 3.59. The Morgan fingerprint density at radius 2 is 2.07 bits per heavy atom. The highest BCUT2D eigenvalue weighted by molar-refractivity contribution is 6.31. The van der Waals surface area contributed by atoms with Gasteiger partial charge in [0.25, 0.3) is 0 Å². The van der Waals surface area contributed by atoms with Gasteiger partial charge >= 0.3 is 0 Å². The number of rotatable bonds is 6. The van der Waals surface area contributed by atoms with Crippen LogP contribution >= 0.6 is 11.6 Å². The molecule has 2 amide bonds. The van der Waals surface area contributed by atoms with Crippen molar-refractivity contribution in [2.75, 3.05) is 20.7 Å². The number of carbonyl (C=O) groups is 2. The van der Waals surface area contributed by atoms with E-state index in [0.29, 0.717) is 23.7 Å². The second kappa shape index (κ2) is 8.61. The number of benzene rings is 2. The van der Waals surface area contributed by atoms with Gasteiger partial charge in [-0.05, 0) is 29.3 Å². The van der Waals surface area contributed by atoms with Crippen molar-refractivity contribution in [3.05, 3.63) is 64.4 Å². The number of nitrogens with zero attached hydrogens (tertiary/aromatic N) is 2. The number of amides is 2. The van der Waals surface area contributed by atoms with E-state index < -0.39 is 11.7 Å². The van der Waals surface area contributed by atoms with Crippen molar-refractivity contribution >= 4 is 23.4 Å². The maximum absolute atomic E-state index is 13.9. The second-order valence-electron chi connectivity index (χ2n) is 6.93. The van der Waals surface area contributed by atoms with Crippen molar-refractivity contribution in [3.8, 4) is 5.75 Å². The van der Waals surface area contributed by atoms with Crippen LogP contribution in [-0.4, -0.2) is 42.3 Å². The molecule has 2 aromatic rings. The zero-order valence-electron chi connectivity index (χ0n) is 15.8. The Kier molecular flexibility index (Phi) is 6.19. The first-order chi connectivity index (χ1) is 13.4. The molecular weight excluding hydrogens is 383 g/mol. The SMILES string of the molecule is COc1ccc(CN(C)C(=O)C2CC(=O)N(Cc3ccccc3Cl)C2)cc1F. The van der Waals surface area contributed by atoms with Crippen LogP contribution < -0.4 is 4.74 Å². The van der Waals surface area contributed by atoms with Crippen LogP contribution in [0.1, 0.15) is 17.5 Å². The summed E-state index contributed by atoms with van der Waals surface area (Å²) in [4.78, 5) is 28.3. The number of carbonyl (C=O) groups excluding carboxylic acids is 2. The number of methoxy groups -OCH3 is 1. The normalized spacial score (nSPS) is 16.4. The summed E-state index contributed by atoms with van der Waals surface area (Å²) < 4.78 is 18.8. The maximum Gasteiger partial charge on any atom is 0.228 e. The first kappa shape index (κ1) is 20.1. The molecule has 1 atom stereocenters. The third-order valence-corrected chi connectivity index (χ3v) is 5.26. The van der Waals surface area contributed by atoms with E-state index in [4.69, 9.17) is 16.3 Å². The van der Waals surface area contributed by atoms with Gasteiger partial charge in [0.2, 0.25) is 11.8 Å². The summed E-state index contributed by atoms with van der Waals surface area (Å²) >= 11 is 6.17. The minimum Gasteiger partial charge on any atom is -0.494 e. The molecule has 0 aliphatic carbocycles. The molecule has 1 saturated heterocycles. The second-order valence-corrected chi connectivity index (χ2v) is 7.34. The summed E-state index contributed by atoms with van der Waals surface area (Å²) in [6, 6.07) is 12.0. The number of likely N-dealkylation sites (tertiary alicyclic amines) is 1. The Balaban J connectivity index is 1.62. The first-order valence-corrected chi connectivity index (χ1v) is 9.35. The van der Waals surface area contributed by atoms with Gasteiger partial charge in [-0.3, -0.25) is 9.59 Å². The molecule has 1 aliphatic heterocycles. The van der Waals surface area contributed by atoms with E-state index >= 15 is 0 Å². The summed E-state index contributed by atoms with van der Waals surface area (Å²) in [6.07, 6.45) is 0.171. The van der Waals surface area contributed by atoms with Crippen LogP contribution in [0, 0.1) is 11.7 Å². The van der Waals surface area contributed by atoms with Crippen molar-refractivity contribution in [3.63, 3.8) is 0 Å². The Morgan fingerprint density at radius 1 is 1.32 bits per heavy atom. The van der Waals surface area contributed by atoms with Gasteiger partial charge in [-0.15, -0.1) is 0 Å². The molecule has 0 bridgehead atoms. The third-order valence-electron chi connectivity index (χ3n) is 4.89. The summed E-state index contributed by atoms with van der Waals surface area (Å²) in [6.45, 7) is 0.995. The first-order valence-electron chi connectivity index (χ1n) is 8.97. The molecular formula is C21H22ClFN2O3. The number of ether oxygens (including phenoxy) is 1. The van der Waals surface area contributed by atoms with Crippen molar-refractivity contribution in [1.29, 1.82) is 0 Å². The lowest BCUT2D eigenvalue weighted by molar-refractivity contribution is -0.135. The van der Waals surface area contributed by atoms with Crippen LogP contribution in [-0.2, 0) is 22.7 Å². The van der Waals surface area contributed by atoms with Crippen LogP contribution in [0.15, 0.2) is 42.5 Å². The third kappa shape index (κ3) is 4.44. The maximum atomic E-state index is 13.9. The topological polar surface area (TPSA) is 49.9 Å². The van der Waals surface area contributed by atoms with E-state index in [9.17, 15) is 14.0 Å². The molecule has 3 rings (SSSR count). The van der Waals surface area contributed by atoms with Gasteiger partial charge < -0.3 is 14.5 Å². The lowest BCUT2D eigenvalue weighted by Crippen LogP contribution is -2.34. The van der Waals surface area contributed by atoms with Gasteiger partial charge in [0.15, 0.2) is 11.6 Å². The van der Waals surface area contributed by atoms with Gasteiger partial charge in [-0.25, -0.2) is 4.39 Å². The summed E-state index contributed by atoms with van der Waals surface area (Å²) in [5.41, 5.74) is 1.51. The predicted octanol–water partition coefficient (Wildman–Crippen LogP) is 3.49. The van der Waals surface area contributed by atoms with Crippen molar-refractivity contribution in [1.82, 2.24) is 9.80 Å². The number of hydrogen-bond acceptors (Lipinski definition) is 3. The molecule has 2 aromatic carbocycles. The highest BCUT2D eigenvalue weighted by Crippen LogP contribution is 2.25. The van der Waals surface area contributed by atoms with Gasteiger partial charge in [-0.1, -0.05) is 35.9 Å². The molecule has 1 heterocycles. The van der Waals surface area contributed by atoms with Crippen molar-refractivity contribution < 1.29 is 18.7 Å².